The third kappa shape index (κ3) is 3.83. The second-order valence-electron chi connectivity index (χ2n) is 5.98. The van der Waals surface area contributed by atoms with E-state index in [9.17, 15) is 8.42 Å². The molecule has 0 radical (unpaired) electrons. The molecule has 8 heteroatoms. The fourth-order valence-electron chi connectivity index (χ4n) is 2.96. The first kappa shape index (κ1) is 18.7. The number of sulfonamides is 1. The monoisotopic (exact) mass is 396 g/mol. The molecule has 3 rings (SSSR count). The Balaban J connectivity index is 1.96. The molecule has 0 atom stereocenters. The summed E-state index contributed by atoms with van der Waals surface area (Å²) >= 11 is 6.23. The number of nitrogens with one attached hydrogen (secondary N) is 1. The maximum atomic E-state index is 12.9. The molecule has 0 bridgehead atoms. The average molecular weight is 397 g/mol. The first-order chi connectivity index (χ1) is 12.4. The molecule has 6 nitrogen and oxygen atoms in total. The van der Waals surface area contributed by atoms with Gasteiger partial charge in [0.05, 0.1) is 24.9 Å². The minimum absolute atomic E-state index is 0.0120. The van der Waals surface area contributed by atoms with Crippen LogP contribution in [0.4, 0.5) is 11.4 Å². The molecule has 1 aliphatic heterocycles. The van der Waals surface area contributed by atoms with Gasteiger partial charge in [0, 0.05) is 24.8 Å². The standard InChI is InChI=1S/C18H21ClN2O4S/c1-24-14-6-8-17(25-2)18(12-14)26(22,23)20-16-11-13(5-7-15(16)19)21-9-3-4-10-21/h5-8,11-12,20H,3-4,9-10H2,1-2H3. The number of rotatable bonds is 6. The van der Waals surface area contributed by atoms with Crippen LogP contribution in [-0.2, 0) is 10.0 Å². The Hall–Kier alpha value is -2.12. The minimum Gasteiger partial charge on any atom is -0.497 e. The summed E-state index contributed by atoms with van der Waals surface area (Å²) in [6.07, 6.45) is 2.26. The Bertz CT molecular complexity index is 896. The zero-order chi connectivity index (χ0) is 18.7. The highest BCUT2D eigenvalue weighted by Crippen LogP contribution is 2.34. The number of ether oxygens (including phenoxy) is 2. The summed E-state index contributed by atoms with van der Waals surface area (Å²) in [5.41, 5.74) is 1.28. The maximum Gasteiger partial charge on any atom is 0.265 e. The topological polar surface area (TPSA) is 67.9 Å². The number of benzene rings is 2. The molecular weight excluding hydrogens is 376 g/mol. The first-order valence-corrected chi connectivity index (χ1v) is 10.1. The van der Waals surface area contributed by atoms with Gasteiger partial charge in [0.1, 0.15) is 16.4 Å². The number of halogens is 1. The van der Waals surface area contributed by atoms with Gasteiger partial charge in [-0.1, -0.05) is 11.6 Å². The number of anilines is 2. The second-order valence-corrected chi connectivity index (χ2v) is 8.04. The zero-order valence-corrected chi connectivity index (χ0v) is 16.2. The van der Waals surface area contributed by atoms with Gasteiger partial charge in [-0.25, -0.2) is 8.42 Å². The molecule has 1 aliphatic rings. The van der Waals surface area contributed by atoms with Gasteiger partial charge in [-0.2, -0.15) is 0 Å². The molecule has 2 aromatic carbocycles. The van der Waals surface area contributed by atoms with Crippen molar-refractivity contribution >= 4 is 33.0 Å². The van der Waals surface area contributed by atoms with Crippen molar-refractivity contribution in [1.82, 2.24) is 0 Å². The van der Waals surface area contributed by atoms with E-state index in [1.807, 2.05) is 6.07 Å². The highest BCUT2D eigenvalue weighted by molar-refractivity contribution is 7.92. The van der Waals surface area contributed by atoms with Crippen LogP contribution in [0.1, 0.15) is 12.8 Å². The summed E-state index contributed by atoms with van der Waals surface area (Å²) in [5, 5.41) is 0.332. The Morgan fingerprint density at radius 1 is 1.04 bits per heavy atom. The lowest BCUT2D eigenvalue weighted by Crippen LogP contribution is -2.18. The van der Waals surface area contributed by atoms with Crippen molar-refractivity contribution < 1.29 is 17.9 Å². The molecular formula is C18H21ClN2O4S. The van der Waals surface area contributed by atoms with Crippen LogP contribution in [0.3, 0.4) is 0 Å². The van der Waals surface area contributed by atoms with E-state index in [0.29, 0.717) is 16.5 Å². The van der Waals surface area contributed by atoms with Crippen molar-refractivity contribution in [2.45, 2.75) is 17.7 Å². The molecule has 140 valence electrons. The molecule has 0 saturated carbocycles. The SMILES string of the molecule is COc1ccc(OC)c(S(=O)(=O)Nc2cc(N3CCCC3)ccc2Cl)c1. The van der Waals surface area contributed by atoms with E-state index in [0.717, 1.165) is 31.6 Å². The van der Waals surface area contributed by atoms with E-state index in [1.165, 1.54) is 20.3 Å². The molecule has 0 amide bonds. The molecule has 1 heterocycles. The van der Waals surface area contributed by atoms with Crippen molar-refractivity contribution in [2.24, 2.45) is 0 Å². The predicted molar refractivity (Wildman–Crippen MR) is 103 cm³/mol. The maximum absolute atomic E-state index is 12.9. The normalized spacial score (nSPS) is 14.3. The van der Waals surface area contributed by atoms with Crippen molar-refractivity contribution in [1.29, 1.82) is 0 Å². The molecule has 0 aromatic heterocycles. The van der Waals surface area contributed by atoms with Gasteiger partial charge in [-0.3, -0.25) is 4.72 Å². The summed E-state index contributed by atoms with van der Waals surface area (Å²) in [6, 6.07) is 9.97. The van der Waals surface area contributed by atoms with Crippen LogP contribution >= 0.6 is 11.6 Å². The number of methoxy groups -OCH3 is 2. The molecule has 0 spiro atoms. The number of hydrogen-bond donors (Lipinski definition) is 1. The van der Waals surface area contributed by atoms with Crippen LogP contribution in [0, 0.1) is 0 Å². The van der Waals surface area contributed by atoms with E-state index < -0.39 is 10.0 Å². The van der Waals surface area contributed by atoms with Gasteiger partial charge in [-0.15, -0.1) is 0 Å². The summed E-state index contributed by atoms with van der Waals surface area (Å²) < 4.78 is 38.7. The van der Waals surface area contributed by atoms with Crippen molar-refractivity contribution in [2.75, 3.05) is 36.9 Å². The first-order valence-electron chi connectivity index (χ1n) is 8.24. The molecule has 1 saturated heterocycles. The number of nitrogens with zero attached hydrogens (tertiary/aromatic N) is 1. The summed E-state index contributed by atoms with van der Waals surface area (Å²) in [5.74, 6) is 0.646. The Labute approximate surface area is 158 Å². The summed E-state index contributed by atoms with van der Waals surface area (Å²) in [6.45, 7) is 1.91. The van der Waals surface area contributed by atoms with Crippen LogP contribution in [0.15, 0.2) is 41.3 Å². The third-order valence-electron chi connectivity index (χ3n) is 4.33. The van der Waals surface area contributed by atoms with Crippen LogP contribution in [0.2, 0.25) is 5.02 Å². The Morgan fingerprint density at radius 2 is 1.77 bits per heavy atom. The molecule has 0 aliphatic carbocycles. The van der Waals surface area contributed by atoms with E-state index in [4.69, 9.17) is 21.1 Å². The van der Waals surface area contributed by atoms with Crippen LogP contribution < -0.4 is 19.1 Å². The smallest absolute Gasteiger partial charge is 0.265 e. The van der Waals surface area contributed by atoms with Gasteiger partial charge >= 0.3 is 0 Å². The zero-order valence-electron chi connectivity index (χ0n) is 14.7. The van der Waals surface area contributed by atoms with Gasteiger partial charge in [0.15, 0.2) is 0 Å². The van der Waals surface area contributed by atoms with E-state index >= 15 is 0 Å². The lowest BCUT2D eigenvalue weighted by atomic mass is 10.2. The fraction of sp³-hybridized carbons (Fsp3) is 0.333. The Kier molecular flexibility index (Phi) is 5.48. The van der Waals surface area contributed by atoms with Gasteiger partial charge < -0.3 is 14.4 Å². The average Bonchev–Trinajstić information content (AvgIpc) is 3.17. The van der Waals surface area contributed by atoms with Crippen molar-refractivity contribution in [3.8, 4) is 11.5 Å². The van der Waals surface area contributed by atoms with E-state index in [-0.39, 0.29) is 10.6 Å². The highest BCUT2D eigenvalue weighted by Gasteiger charge is 2.22. The highest BCUT2D eigenvalue weighted by atomic mass is 35.5. The molecule has 26 heavy (non-hydrogen) atoms. The molecule has 1 fully saturated rings. The van der Waals surface area contributed by atoms with Crippen LogP contribution in [0.25, 0.3) is 0 Å². The molecule has 2 aromatic rings. The lowest BCUT2D eigenvalue weighted by Gasteiger charge is -2.20. The second kappa shape index (κ2) is 7.63. The van der Waals surface area contributed by atoms with Gasteiger partial charge in [0.25, 0.3) is 10.0 Å². The third-order valence-corrected chi connectivity index (χ3v) is 6.04. The van der Waals surface area contributed by atoms with E-state index in [1.54, 1.807) is 24.3 Å². The lowest BCUT2D eigenvalue weighted by molar-refractivity contribution is 0.392. The largest absolute Gasteiger partial charge is 0.497 e. The predicted octanol–water partition coefficient (Wildman–Crippen LogP) is 3.76. The minimum atomic E-state index is -3.91. The summed E-state index contributed by atoms with van der Waals surface area (Å²) in [4.78, 5) is 2.20. The van der Waals surface area contributed by atoms with Gasteiger partial charge in [0.2, 0.25) is 0 Å². The van der Waals surface area contributed by atoms with E-state index in [2.05, 4.69) is 9.62 Å². The van der Waals surface area contributed by atoms with Crippen LogP contribution in [-0.4, -0.2) is 35.7 Å². The molecule has 0 unspecified atom stereocenters. The summed E-state index contributed by atoms with van der Waals surface area (Å²) in [7, 11) is -1.02. The Morgan fingerprint density at radius 3 is 2.42 bits per heavy atom. The van der Waals surface area contributed by atoms with Gasteiger partial charge in [-0.05, 0) is 43.2 Å². The number of hydrogen-bond acceptors (Lipinski definition) is 5. The van der Waals surface area contributed by atoms with Crippen molar-refractivity contribution in [3.05, 3.63) is 41.4 Å². The van der Waals surface area contributed by atoms with Crippen LogP contribution in [0.5, 0.6) is 11.5 Å². The quantitative estimate of drug-likeness (QED) is 0.805. The van der Waals surface area contributed by atoms with Crippen molar-refractivity contribution in [3.63, 3.8) is 0 Å². The molecule has 1 N–H and O–H groups in total. The fourth-order valence-corrected chi connectivity index (χ4v) is 4.43.